The topological polar surface area (TPSA) is 79.5 Å². The molecule has 1 aliphatic rings. The van der Waals surface area contributed by atoms with E-state index >= 15 is 0 Å². The molecule has 0 bridgehead atoms. The number of carbonyl (C=O) groups excluding carboxylic acids is 1. The normalized spacial score (nSPS) is 20.4. The Kier molecular flexibility index (Phi) is 3.99. The molecule has 0 unspecified atom stereocenters. The standard InChI is InChI=1S/C15H21NO4/c1-14(2)5-7-15(19,8-6-14)10-16-13(18)11-3-4-12(17)20-9-11/h3-4,9,19H,5-8,10H2,1-2H3,(H,16,18). The van der Waals surface area contributed by atoms with Gasteiger partial charge in [0, 0.05) is 12.6 Å². The molecule has 20 heavy (non-hydrogen) atoms. The smallest absolute Gasteiger partial charge is 0.335 e. The van der Waals surface area contributed by atoms with Crippen LogP contribution >= 0.6 is 0 Å². The minimum absolute atomic E-state index is 0.223. The molecule has 1 fully saturated rings. The minimum atomic E-state index is -0.833. The fourth-order valence-corrected chi connectivity index (χ4v) is 2.40. The van der Waals surface area contributed by atoms with E-state index in [4.69, 9.17) is 0 Å². The van der Waals surface area contributed by atoms with Gasteiger partial charge in [0.1, 0.15) is 6.26 Å². The average Bonchev–Trinajstić information content (AvgIpc) is 2.41. The monoisotopic (exact) mass is 279 g/mol. The van der Waals surface area contributed by atoms with Gasteiger partial charge < -0.3 is 14.8 Å². The molecule has 5 nitrogen and oxygen atoms in total. The summed E-state index contributed by atoms with van der Waals surface area (Å²) in [6.07, 6.45) is 4.39. The quantitative estimate of drug-likeness (QED) is 0.882. The maximum atomic E-state index is 11.9. The highest BCUT2D eigenvalue weighted by Gasteiger charge is 2.36. The SMILES string of the molecule is CC1(C)CCC(O)(CNC(=O)c2ccc(=O)oc2)CC1. The fraction of sp³-hybridized carbons (Fsp3) is 0.600. The van der Waals surface area contributed by atoms with Gasteiger partial charge in [-0.1, -0.05) is 13.8 Å². The molecule has 1 saturated carbocycles. The minimum Gasteiger partial charge on any atom is -0.430 e. The van der Waals surface area contributed by atoms with Gasteiger partial charge in [-0.25, -0.2) is 4.79 Å². The molecule has 0 spiro atoms. The summed E-state index contributed by atoms with van der Waals surface area (Å²) in [5.41, 5.74) is -0.779. The van der Waals surface area contributed by atoms with E-state index in [-0.39, 0.29) is 23.4 Å². The third kappa shape index (κ3) is 3.70. The van der Waals surface area contributed by atoms with Crippen molar-refractivity contribution in [2.24, 2.45) is 5.41 Å². The maximum Gasteiger partial charge on any atom is 0.335 e. The Balaban J connectivity index is 1.90. The Hall–Kier alpha value is -1.62. The molecule has 1 aromatic heterocycles. The van der Waals surface area contributed by atoms with Gasteiger partial charge >= 0.3 is 5.63 Å². The van der Waals surface area contributed by atoms with Crippen LogP contribution in [0.15, 0.2) is 27.6 Å². The highest BCUT2D eigenvalue weighted by Crippen LogP contribution is 2.39. The van der Waals surface area contributed by atoms with E-state index in [0.29, 0.717) is 12.8 Å². The van der Waals surface area contributed by atoms with Crippen molar-refractivity contribution in [3.63, 3.8) is 0 Å². The first kappa shape index (κ1) is 14.8. The van der Waals surface area contributed by atoms with Crippen LogP contribution in [-0.2, 0) is 0 Å². The summed E-state index contributed by atoms with van der Waals surface area (Å²) in [5.74, 6) is -0.341. The van der Waals surface area contributed by atoms with Gasteiger partial charge in [-0.3, -0.25) is 4.79 Å². The van der Waals surface area contributed by atoms with Crippen LogP contribution in [0.3, 0.4) is 0 Å². The Bertz CT molecular complexity index is 517. The van der Waals surface area contributed by atoms with Crippen LogP contribution in [0.2, 0.25) is 0 Å². The van der Waals surface area contributed by atoms with E-state index < -0.39 is 11.2 Å². The molecule has 1 aliphatic carbocycles. The van der Waals surface area contributed by atoms with Crippen molar-refractivity contribution in [3.8, 4) is 0 Å². The molecular weight excluding hydrogens is 258 g/mol. The van der Waals surface area contributed by atoms with Crippen molar-refractivity contribution in [1.29, 1.82) is 0 Å². The zero-order chi connectivity index (χ0) is 14.8. The number of hydrogen-bond acceptors (Lipinski definition) is 4. The van der Waals surface area contributed by atoms with E-state index in [0.717, 1.165) is 19.1 Å². The molecule has 1 heterocycles. The van der Waals surface area contributed by atoms with Gasteiger partial charge in [-0.2, -0.15) is 0 Å². The second kappa shape index (κ2) is 5.40. The lowest BCUT2D eigenvalue weighted by molar-refractivity contribution is -0.0233. The first-order chi connectivity index (χ1) is 9.30. The van der Waals surface area contributed by atoms with Crippen LogP contribution in [0.4, 0.5) is 0 Å². The average molecular weight is 279 g/mol. The van der Waals surface area contributed by atoms with Crippen molar-refractivity contribution in [2.45, 2.75) is 45.1 Å². The van der Waals surface area contributed by atoms with Crippen LogP contribution in [-0.4, -0.2) is 23.2 Å². The van der Waals surface area contributed by atoms with E-state index in [2.05, 4.69) is 23.6 Å². The number of nitrogens with one attached hydrogen (secondary N) is 1. The van der Waals surface area contributed by atoms with E-state index in [1.54, 1.807) is 0 Å². The molecule has 2 rings (SSSR count). The second-order valence-corrected chi connectivity index (χ2v) is 6.41. The molecule has 110 valence electrons. The third-order valence-corrected chi connectivity index (χ3v) is 4.08. The number of hydrogen-bond donors (Lipinski definition) is 2. The molecule has 0 saturated heterocycles. The van der Waals surface area contributed by atoms with Gasteiger partial charge in [0.25, 0.3) is 5.91 Å². The summed E-state index contributed by atoms with van der Waals surface area (Å²) < 4.78 is 4.64. The van der Waals surface area contributed by atoms with Crippen LogP contribution in [0.5, 0.6) is 0 Å². The van der Waals surface area contributed by atoms with Crippen LogP contribution in [0.25, 0.3) is 0 Å². The zero-order valence-electron chi connectivity index (χ0n) is 11.9. The second-order valence-electron chi connectivity index (χ2n) is 6.41. The van der Waals surface area contributed by atoms with Crippen molar-refractivity contribution < 1.29 is 14.3 Å². The van der Waals surface area contributed by atoms with Crippen molar-refractivity contribution in [1.82, 2.24) is 5.32 Å². The maximum absolute atomic E-state index is 11.9. The first-order valence-corrected chi connectivity index (χ1v) is 6.89. The van der Waals surface area contributed by atoms with E-state index in [1.807, 2.05) is 0 Å². The Morgan fingerprint density at radius 1 is 1.30 bits per heavy atom. The molecule has 1 aromatic rings. The number of carbonyl (C=O) groups is 1. The van der Waals surface area contributed by atoms with Crippen LogP contribution < -0.4 is 10.9 Å². The zero-order valence-corrected chi connectivity index (χ0v) is 11.9. The molecule has 2 N–H and O–H groups in total. The fourth-order valence-electron chi connectivity index (χ4n) is 2.40. The van der Waals surface area contributed by atoms with E-state index in [1.165, 1.54) is 12.1 Å². The predicted octanol–water partition coefficient (Wildman–Crippen LogP) is 1.70. The predicted molar refractivity (Wildman–Crippen MR) is 74.5 cm³/mol. The summed E-state index contributed by atoms with van der Waals surface area (Å²) in [7, 11) is 0. The molecule has 1 amide bonds. The molecule has 0 aliphatic heterocycles. The van der Waals surface area contributed by atoms with Crippen LogP contribution in [0.1, 0.15) is 49.9 Å². The van der Waals surface area contributed by atoms with E-state index in [9.17, 15) is 14.7 Å². The number of aliphatic hydroxyl groups is 1. The Morgan fingerprint density at radius 2 is 1.95 bits per heavy atom. The van der Waals surface area contributed by atoms with Gasteiger partial charge in [-0.15, -0.1) is 0 Å². The van der Waals surface area contributed by atoms with Crippen molar-refractivity contribution in [3.05, 3.63) is 34.4 Å². The highest BCUT2D eigenvalue weighted by molar-refractivity contribution is 5.93. The molecule has 0 aromatic carbocycles. The molecule has 0 radical (unpaired) electrons. The molecular formula is C15H21NO4. The lowest BCUT2D eigenvalue weighted by Gasteiger charge is -2.40. The van der Waals surface area contributed by atoms with Gasteiger partial charge in [0.15, 0.2) is 0 Å². The van der Waals surface area contributed by atoms with Gasteiger partial charge in [-0.05, 0) is 37.2 Å². The summed E-state index contributed by atoms with van der Waals surface area (Å²) >= 11 is 0. The van der Waals surface area contributed by atoms with Crippen molar-refractivity contribution in [2.75, 3.05) is 6.54 Å². The Labute approximate surface area is 118 Å². The van der Waals surface area contributed by atoms with Crippen LogP contribution in [0, 0.1) is 5.41 Å². The van der Waals surface area contributed by atoms with Gasteiger partial charge in [0.05, 0.1) is 11.2 Å². The first-order valence-electron chi connectivity index (χ1n) is 6.89. The summed E-state index contributed by atoms with van der Waals surface area (Å²) in [4.78, 5) is 22.7. The molecule has 0 atom stereocenters. The van der Waals surface area contributed by atoms with Crippen molar-refractivity contribution >= 4 is 5.91 Å². The largest absolute Gasteiger partial charge is 0.430 e. The molecule has 5 heteroatoms. The highest BCUT2D eigenvalue weighted by atomic mass is 16.4. The summed E-state index contributed by atoms with van der Waals surface area (Å²) in [6.45, 7) is 4.61. The number of rotatable bonds is 3. The summed E-state index contributed by atoms with van der Waals surface area (Å²) in [5, 5.41) is 13.2. The summed E-state index contributed by atoms with van der Waals surface area (Å²) in [6, 6.07) is 2.61. The lowest BCUT2D eigenvalue weighted by Crippen LogP contribution is -2.46. The lowest BCUT2D eigenvalue weighted by atomic mass is 9.71. The third-order valence-electron chi connectivity index (χ3n) is 4.08. The number of amides is 1. The Morgan fingerprint density at radius 3 is 2.50 bits per heavy atom. The van der Waals surface area contributed by atoms with Gasteiger partial charge in [0.2, 0.25) is 0 Å².